The van der Waals surface area contributed by atoms with Crippen molar-refractivity contribution in [2.75, 3.05) is 26.7 Å². The van der Waals surface area contributed by atoms with Gasteiger partial charge in [0.2, 0.25) is 5.88 Å². The number of nitrogens with zero attached hydrogens (tertiary/aromatic N) is 3. The van der Waals surface area contributed by atoms with E-state index in [1.165, 1.54) is 13.2 Å². The van der Waals surface area contributed by atoms with Crippen molar-refractivity contribution < 1.29 is 24.1 Å². The lowest BCUT2D eigenvalue weighted by Gasteiger charge is -2.41. The van der Waals surface area contributed by atoms with Gasteiger partial charge in [-0.15, -0.1) is 0 Å². The fourth-order valence-electron chi connectivity index (χ4n) is 6.92. The van der Waals surface area contributed by atoms with Gasteiger partial charge >= 0.3 is 0 Å². The van der Waals surface area contributed by atoms with Crippen molar-refractivity contribution in [2.45, 2.75) is 42.2 Å². The number of methoxy groups -OCH3 is 1. The lowest BCUT2D eigenvalue weighted by atomic mass is 9.71. The summed E-state index contributed by atoms with van der Waals surface area (Å²) in [4.78, 5) is 6.47. The first kappa shape index (κ1) is 26.2. The minimum Gasteiger partial charge on any atom is -0.481 e. The number of hydrogen-bond donors (Lipinski definition) is 2. The first-order valence-corrected chi connectivity index (χ1v) is 13.9. The highest BCUT2D eigenvalue weighted by Crippen LogP contribution is 2.69. The van der Waals surface area contributed by atoms with Gasteiger partial charge in [-0.05, 0) is 36.1 Å². The Hall–Kier alpha value is -3.03. The van der Waals surface area contributed by atoms with Crippen molar-refractivity contribution in [3.63, 3.8) is 0 Å². The lowest BCUT2D eigenvalue weighted by molar-refractivity contribution is -0.152. The standard InChI is InChI=1S/C30H29BrFN3O4/c1-38-28-26-24(15-22(16-33)34-28)39-30(19-7-9-20(31)10-8-19)25(18-5-3-2-4-6-18)23(27(36)29(26,30)37)17-35-13-11-21(32)12-14-35/h2-10,15,21,23,25,27,36-37H,11-14,17H2,1H3. The fraction of sp³-hybridized carbons (Fsp3) is 0.400. The zero-order valence-corrected chi connectivity index (χ0v) is 23.0. The predicted octanol–water partition coefficient (Wildman–Crippen LogP) is 4.41. The Bertz CT molecular complexity index is 1410. The molecule has 3 aromatic rings. The number of aliphatic hydroxyl groups is 2. The second-order valence-corrected chi connectivity index (χ2v) is 11.5. The molecule has 0 spiro atoms. The quantitative estimate of drug-likeness (QED) is 0.452. The molecule has 9 heteroatoms. The van der Waals surface area contributed by atoms with E-state index < -0.39 is 35.3 Å². The minimum absolute atomic E-state index is 0.0373. The number of piperidine rings is 1. The van der Waals surface area contributed by atoms with E-state index in [1.807, 2.05) is 60.7 Å². The molecular formula is C30H29BrFN3O4. The maximum Gasteiger partial charge on any atom is 0.224 e. The number of alkyl halides is 1. The van der Waals surface area contributed by atoms with Gasteiger partial charge in [0, 0.05) is 42.0 Å². The van der Waals surface area contributed by atoms with Crippen LogP contribution in [0.4, 0.5) is 4.39 Å². The molecule has 0 radical (unpaired) electrons. The zero-order valence-electron chi connectivity index (χ0n) is 21.4. The molecular weight excluding hydrogens is 565 g/mol. The summed E-state index contributed by atoms with van der Waals surface area (Å²) in [6, 6.07) is 20.8. The Morgan fingerprint density at radius 3 is 2.51 bits per heavy atom. The molecule has 2 aromatic carbocycles. The van der Waals surface area contributed by atoms with E-state index in [1.54, 1.807) is 0 Å². The Morgan fingerprint density at radius 2 is 1.87 bits per heavy atom. The molecule has 3 heterocycles. The molecule has 1 aromatic heterocycles. The Kier molecular flexibility index (Phi) is 6.63. The maximum absolute atomic E-state index is 14.0. The zero-order chi connectivity index (χ0) is 27.4. The van der Waals surface area contributed by atoms with Crippen LogP contribution >= 0.6 is 15.9 Å². The first-order valence-electron chi connectivity index (χ1n) is 13.1. The molecule has 5 atom stereocenters. The van der Waals surface area contributed by atoms with Crippen LogP contribution in [0.15, 0.2) is 65.1 Å². The molecule has 0 amide bonds. The van der Waals surface area contributed by atoms with Gasteiger partial charge in [-0.1, -0.05) is 58.4 Å². The van der Waals surface area contributed by atoms with Gasteiger partial charge in [-0.3, -0.25) is 0 Å². The Morgan fingerprint density at radius 1 is 1.18 bits per heavy atom. The van der Waals surface area contributed by atoms with E-state index in [-0.39, 0.29) is 22.9 Å². The lowest BCUT2D eigenvalue weighted by Crippen LogP contribution is -2.52. The van der Waals surface area contributed by atoms with Crippen molar-refractivity contribution in [3.05, 3.63) is 87.5 Å². The number of nitriles is 1. The predicted molar refractivity (Wildman–Crippen MR) is 145 cm³/mol. The highest BCUT2D eigenvalue weighted by Gasteiger charge is 2.77. The van der Waals surface area contributed by atoms with E-state index >= 15 is 0 Å². The Balaban J connectivity index is 1.61. The summed E-state index contributed by atoms with van der Waals surface area (Å²) < 4.78 is 27.3. The fourth-order valence-corrected chi connectivity index (χ4v) is 7.18. The summed E-state index contributed by atoms with van der Waals surface area (Å²) in [7, 11) is 1.42. The van der Waals surface area contributed by atoms with Crippen LogP contribution in [0.5, 0.6) is 11.6 Å². The summed E-state index contributed by atoms with van der Waals surface area (Å²) >= 11 is 3.51. The van der Waals surface area contributed by atoms with Gasteiger partial charge in [0.15, 0.2) is 11.2 Å². The summed E-state index contributed by atoms with van der Waals surface area (Å²) in [5.74, 6) is -0.702. The summed E-state index contributed by atoms with van der Waals surface area (Å²) in [6.07, 6.45) is -1.24. The number of fused-ring (bicyclic) bond motifs is 3. The second-order valence-electron chi connectivity index (χ2n) is 10.6. The molecule has 2 aliphatic heterocycles. The number of aromatic nitrogens is 1. The van der Waals surface area contributed by atoms with Crippen molar-refractivity contribution in [2.24, 2.45) is 5.92 Å². The van der Waals surface area contributed by atoms with E-state index in [0.29, 0.717) is 38.0 Å². The van der Waals surface area contributed by atoms with Gasteiger partial charge in [0.1, 0.15) is 23.7 Å². The average molecular weight is 594 g/mol. The summed E-state index contributed by atoms with van der Waals surface area (Å²) in [5, 5.41) is 34.7. The number of rotatable bonds is 5. The second kappa shape index (κ2) is 9.86. The van der Waals surface area contributed by atoms with Crippen LogP contribution in [-0.4, -0.2) is 59.1 Å². The van der Waals surface area contributed by atoms with E-state index in [2.05, 4.69) is 25.8 Å². The van der Waals surface area contributed by atoms with Crippen molar-refractivity contribution in [1.29, 1.82) is 5.26 Å². The minimum atomic E-state index is -1.97. The summed E-state index contributed by atoms with van der Waals surface area (Å²) in [5.41, 5.74) is -1.57. The number of hydrogen-bond acceptors (Lipinski definition) is 7. The highest BCUT2D eigenvalue weighted by molar-refractivity contribution is 9.10. The van der Waals surface area contributed by atoms with Crippen LogP contribution < -0.4 is 9.47 Å². The van der Waals surface area contributed by atoms with E-state index in [4.69, 9.17) is 9.47 Å². The molecule has 39 heavy (non-hydrogen) atoms. The smallest absolute Gasteiger partial charge is 0.224 e. The van der Waals surface area contributed by atoms with E-state index in [9.17, 15) is 19.9 Å². The summed E-state index contributed by atoms with van der Waals surface area (Å²) in [6.45, 7) is 1.59. The normalized spacial score (nSPS) is 30.3. The highest BCUT2D eigenvalue weighted by atomic mass is 79.9. The number of ether oxygens (including phenoxy) is 2. The number of benzene rings is 2. The average Bonchev–Trinajstić information content (AvgIpc) is 3.32. The maximum atomic E-state index is 14.0. The third-order valence-corrected chi connectivity index (χ3v) is 9.12. The van der Waals surface area contributed by atoms with Crippen LogP contribution in [0.2, 0.25) is 0 Å². The largest absolute Gasteiger partial charge is 0.481 e. The molecule has 2 fully saturated rings. The molecule has 5 unspecified atom stereocenters. The molecule has 1 aliphatic carbocycles. The number of likely N-dealkylation sites (tertiary alicyclic amines) is 1. The topological polar surface area (TPSA) is 98.8 Å². The van der Waals surface area contributed by atoms with Gasteiger partial charge in [0.05, 0.1) is 18.8 Å². The molecule has 7 nitrogen and oxygen atoms in total. The molecule has 202 valence electrons. The van der Waals surface area contributed by atoms with Crippen LogP contribution in [0.1, 0.15) is 41.1 Å². The van der Waals surface area contributed by atoms with Crippen LogP contribution in [0.3, 0.4) is 0 Å². The molecule has 0 bridgehead atoms. The van der Waals surface area contributed by atoms with Gasteiger partial charge in [0.25, 0.3) is 0 Å². The molecule has 3 aliphatic rings. The monoisotopic (exact) mass is 593 g/mol. The van der Waals surface area contributed by atoms with Crippen LogP contribution in [0.25, 0.3) is 0 Å². The molecule has 1 saturated carbocycles. The van der Waals surface area contributed by atoms with Crippen molar-refractivity contribution >= 4 is 15.9 Å². The van der Waals surface area contributed by atoms with Gasteiger partial charge in [-0.2, -0.15) is 5.26 Å². The van der Waals surface area contributed by atoms with Gasteiger partial charge in [-0.25, -0.2) is 9.37 Å². The SMILES string of the molecule is COc1nc(C#N)cc2c1C1(O)C(O)C(CN3CCC(F)CC3)C(c3ccccc3)C1(c1ccc(Br)cc1)O2. The third-order valence-electron chi connectivity index (χ3n) is 8.59. The van der Waals surface area contributed by atoms with E-state index in [0.717, 1.165) is 10.0 Å². The number of pyridine rings is 1. The molecule has 6 rings (SSSR count). The van der Waals surface area contributed by atoms with Crippen molar-refractivity contribution in [1.82, 2.24) is 9.88 Å². The molecule has 1 saturated heterocycles. The van der Waals surface area contributed by atoms with Crippen LogP contribution in [0, 0.1) is 17.2 Å². The van der Waals surface area contributed by atoms with Crippen molar-refractivity contribution in [3.8, 4) is 17.7 Å². The number of halogens is 2. The number of aliphatic hydroxyl groups excluding tert-OH is 1. The van der Waals surface area contributed by atoms with Gasteiger partial charge < -0.3 is 24.6 Å². The third kappa shape index (κ3) is 3.88. The van der Waals surface area contributed by atoms with Crippen LogP contribution in [-0.2, 0) is 11.2 Å². The first-order chi connectivity index (χ1) is 18.8. The Labute approximate surface area is 234 Å². The molecule has 2 N–H and O–H groups in total.